The Morgan fingerprint density at radius 2 is 1.81 bits per heavy atom. The zero-order chi connectivity index (χ0) is 17.3. The Bertz CT molecular complexity index is 634. The number of nitrogens with one attached hydrogen (secondary N) is 2. The number of carbonyl (C=O) groups excluding carboxylic acids is 1. The fourth-order valence-corrected chi connectivity index (χ4v) is 3.40. The van der Waals surface area contributed by atoms with Crippen molar-refractivity contribution < 1.29 is 4.79 Å². The smallest absolute Gasteiger partial charge is 0.224 e. The lowest BCUT2D eigenvalue weighted by Crippen LogP contribution is -2.37. The Labute approximate surface area is 162 Å². The standard InChI is InChI=1S/C20H28N4O.ClH/c25-20(22-14-13-21-18-6-3-1-2-4-7-18)16-17-8-10-19(11-9-17)24-15-5-12-23-24;/h5,8-12,15,18,21H,1-4,6-7,13-14,16H2,(H,22,25);1H. The number of hydrogen-bond donors (Lipinski definition) is 2. The number of nitrogens with zero attached hydrogens (tertiary/aromatic N) is 2. The van der Waals surface area contributed by atoms with Crippen molar-refractivity contribution in [3.8, 4) is 5.69 Å². The fraction of sp³-hybridized carbons (Fsp3) is 0.500. The van der Waals surface area contributed by atoms with Gasteiger partial charge in [-0.3, -0.25) is 4.79 Å². The van der Waals surface area contributed by atoms with Gasteiger partial charge in [0.2, 0.25) is 5.91 Å². The SMILES string of the molecule is Cl.O=C(Cc1ccc(-n2cccn2)cc1)NCCNC1CCCCCC1. The molecule has 0 radical (unpaired) electrons. The molecule has 3 rings (SSSR count). The summed E-state index contributed by atoms with van der Waals surface area (Å²) in [6.45, 7) is 1.55. The molecule has 1 saturated carbocycles. The van der Waals surface area contributed by atoms with Crippen LogP contribution < -0.4 is 10.6 Å². The van der Waals surface area contributed by atoms with Crippen molar-refractivity contribution in [1.82, 2.24) is 20.4 Å². The van der Waals surface area contributed by atoms with Crippen LogP contribution in [0.25, 0.3) is 5.69 Å². The van der Waals surface area contributed by atoms with Crippen molar-refractivity contribution >= 4 is 18.3 Å². The van der Waals surface area contributed by atoms with E-state index in [2.05, 4.69) is 15.7 Å². The van der Waals surface area contributed by atoms with E-state index in [1.807, 2.05) is 41.2 Å². The Balaban J connectivity index is 0.00000243. The van der Waals surface area contributed by atoms with E-state index in [0.29, 0.717) is 19.0 Å². The van der Waals surface area contributed by atoms with Gasteiger partial charge in [0, 0.05) is 31.5 Å². The summed E-state index contributed by atoms with van der Waals surface area (Å²) in [5.74, 6) is 0.0782. The number of halogens is 1. The summed E-state index contributed by atoms with van der Waals surface area (Å²) in [5, 5.41) is 10.8. The highest BCUT2D eigenvalue weighted by atomic mass is 35.5. The van der Waals surface area contributed by atoms with Crippen LogP contribution in [-0.2, 0) is 11.2 Å². The third kappa shape index (κ3) is 6.46. The van der Waals surface area contributed by atoms with E-state index in [1.54, 1.807) is 6.20 Å². The zero-order valence-electron chi connectivity index (χ0n) is 15.2. The molecule has 1 fully saturated rings. The molecule has 1 aromatic carbocycles. The maximum Gasteiger partial charge on any atom is 0.224 e. The Morgan fingerprint density at radius 1 is 1.08 bits per heavy atom. The molecule has 6 heteroatoms. The highest BCUT2D eigenvalue weighted by Gasteiger charge is 2.11. The van der Waals surface area contributed by atoms with Gasteiger partial charge in [0.15, 0.2) is 0 Å². The van der Waals surface area contributed by atoms with Gasteiger partial charge in [-0.1, -0.05) is 37.8 Å². The van der Waals surface area contributed by atoms with Crippen LogP contribution in [0.2, 0.25) is 0 Å². The number of hydrogen-bond acceptors (Lipinski definition) is 3. The second kappa shape index (κ2) is 11.0. The highest BCUT2D eigenvalue weighted by molar-refractivity contribution is 5.85. The lowest BCUT2D eigenvalue weighted by molar-refractivity contribution is -0.120. The molecule has 1 aliphatic carbocycles. The number of amides is 1. The molecule has 2 aromatic rings. The van der Waals surface area contributed by atoms with Gasteiger partial charge < -0.3 is 10.6 Å². The quantitative estimate of drug-likeness (QED) is 0.576. The van der Waals surface area contributed by atoms with Gasteiger partial charge in [0.1, 0.15) is 0 Å². The topological polar surface area (TPSA) is 59.0 Å². The molecule has 1 heterocycles. The van der Waals surface area contributed by atoms with E-state index in [-0.39, 0.29) is 18.3 Å². The van der Waals surface area contributed by atoms with Crippen LogP contribution in [-0.4, -0.2) is 34.8 Å². The van der Waals surface area contributed by atoms with Gasteiger partial charge in [-0.05, 0) is 36.6 Å². The summed E-state index contributed by atoms with van der Waals surface area (Å²) in [5.41, 5.74) is 2.02. The summed E-state index contributed by atoms with van der Waals surface area (Å²) in [7, 11) is 0. The van der Waals surface area contributed by atoms with E-state index >= 15 is 0 Å². The molecule has 0 bridgehead atoms. The lowest BCUT2D eigenvalue weighted by Gasteiger charge is -2.16. The maximum atomic E-state index is 12.1. The molecule has 26 heavy (non-hydrogen) atoms. The molecule has 0 unspecified atom stereocenters. The fourth-order valence-electron chi connectivity index (χ4n) is 3.40. The summed E-state index contributed by atoms with van der Waals surface area (Å²) in [4.78, 5) is 12.1. The highest BCUT2D eigenvalue weighted by Crippen LogP contribution is 2.16. The molecule has 1 aliphatic rings. The number of carbonyl (C=O) groups is 1. The zero-order valence-corrected chi connectivity index (χ0v) is 16.0. The van der Waals surface area contributed by atoms with Gasteiger partial charge in [-0.2, -0.15) is 5.10 Å². The van der Waals surface area contributed by atoms with Gasteiger partial charge in [-0.25, -0.2) is 4.68 Å². The first-order valence-electron chi connectivity index (χ1n) is 9.40. The predicted octanol–water partition coefficient (Wildman–Crippen LogP) is 3.27. The first kappa shape index (κ1) is 20.5. The van der Waals surface area contributed by atoms with Gasteiger partial charge in [-0.15, -0.1) is 12.4 Å². The Hall–Kier alpha value is -1.85. The van der Waals surface area contributed by atoms with Crippen molar-refractivity contribution in [3.63, 3.8) is 0 Å². The molecule has 142 valence electrons. The van der Waals surface area contributed by atoms with Crippen LogP contribution >= 0.6 is 12.4 Å². The lowest BCUT2D eigenvalue weighted by atomic mass is 10.1. The Kier molecular flexibility index (Phi) is 8.65. The third-order valence-electron chi connectivity index (χ3n) is 4.81. The summed E-state index contributed by atoms with van der Waals surface area (Å²) >= 11 is 0. The van der Waals surface area contributed by atoms with Gasteiger partial charge in [0.05, 0.1) is 12.1 Å². The largest absolute Gasteiger partial charge is 0.355 e. The van der Waals surface area contributed by atoms with Crippen molar-refractivity contribution in [1.29, 1.82) is 0 Å². The van der Waals surface area contributed by atoms with Gasteiger partial charge in [0.25, 0.3) is 0 Å². The molecular formula is C20H29ClN4O. The minimum absolute atomic E-state index is 0. The minimum atomic E-state index is 0. The molecule has 1 amide bonds. The van der Waals surface area contributed by atoms with Crippen LogP contribution in [0.15, 0.2) is 42.7 Å². The number of rotatable bonds is 7. The minimum Gasteiger partial charge on any atom is -0.355 e. The van der Waals surface area contributed by atoms with Crippen LogP contribution in [0.4, 0.5) is 0 Å². The maximum absolute atomic E-state index is 12.1. The third-order valence-corrected chi connectivity index (χ3v) is 4.81. The van der Waals surface area contributed by atoms with Crippen molar-refractivity contribution in [2.24, 2.45) is 0 Å². The van der Waals surface area contributed by atoms with Crippen LogP contribution in [0.5, 0.6) is 0 Å². The first-order valence-corrected chi connectivity index (χ1v) is 9.40. The van der Waals surface area contributed by atoms with Crippen LogP contribution in [0, 0.1) is 0 Å². The summed E-state index contributed by atoms with van der Waals surface area (Å²) in [6, 6.07) is 10.5. The van der Waals surface area contributed by atoms with Gasteiger partial charge >= 0.3 is 0 Å². The molecule has 5 nitrogen and oxygen atoms in total. The van der Waals surface area contributed by atoms with E-state index in [9.17, 15) is 4.79 Å². The predicted molar refractivity (Wildman–Crippen MR) is 107 cm³/mol. The van der Waals surface area contributed by atoms with E-state index in [4.69, 9.17) is 0 Å². The molecule has 0 atom stereocenters. The number of aromatic nitrogens is 2. The average Bonchev–Trinajstić information content (AvgIpc) is 3.04. The number of benzene rings is 1. The van der Waals surface area contributed by atoms with Crippen molar-refractivity contribution in [3.05, 3.63) is 48.3 Å². The normalized spacial score (nSPS) is 15.1. The molecular weight excluding hydrogens is 348 g/mol. The Morgan fingerprint density at radius 3 is 2.46 bits per heavy atom. The summed E-state index contributed by atoms with van der Waals surface area (Å²) in [6.07, 6.45) is 12.0. The van der Waals surface area contributed by atoms with E-state index in [0.717, 1.165) is 17.8 Å². The second-order valence-electron chi connectivity index (χ2n) is 6.79. The molecule has 1 aromatic heterocycles. The monoisotopic (exact) mass is 376 g/mol. The van der Waals surface area contributed by atoms with Crippen LogP contribution in [0.3, 0.4) is 0 Å². The first-order chi connectivity index (χ1) is 12.3. The molecule has 0 spiro atoms. The van der Waals surface area contributed by atoms with Crippen molar-refractivity contribution in [2.75, 3.05) is 13.1 Å². The van der Waals surface area contributed by atoms with Crippen LogP contribution in [0.1, 0.15) is 44.1 Å². The molecule has 0 aliphatic heterocycles. The molecule has 0 saturated heterocycles. The summed E-state index contributed by atoms with van der Waals surface area (Å²) < 4.78 is 1.81. The van der Waals surface area contributed by atoms with E-state index in [1.165, 1.54) is 38.5 Å². The molecule has 2 N–H and O–H groups in total. The average molecular weight is 377 g/mol. The van der Waals surface area contributed by atoms with E-state index < -0.39 is 0 Å². The van der Waals surface area contributed by atoms with Crippen molar-refractivity contribution in [2.45, 2.75) is 51.0 Å². The second-order valence-corrected chi connectivity index (χ2v) is 6.79.